The van der Waals surface area contributed by atoms with Crippen LogP contribution in [0.15, 0.2) is 66.7 Å². The van der Waals surface area contributed by atoms with Gasteiger partial charge in [0, 0.05) is 5.41 Å². The van der Waals surface area contributed by atoms with E-state index >= 15 is 0 Å². The van der Waals surface area contributed by atoms with Crippen LogP contribution in [-0.4, -0.2) is 13.7 Å². The molecule has 0 aliphatic heterocycles. The van der Waals surface area contributed by atoms with Crippen molar-refractivity contribution >= 4 is 6.08 Å². The second-order valence-corrected chi connectivity index (χ2v) is 11.8. The number of allylic oxidation sites excluding steroid dienone is 1. The van der Waals surface area contributed by atoms with E-state index in [1.54, 1.807) is 7.11 Å². The van der Waals surface area contributed by atoms with Crippen molar-refractivity contribution in [2.75, 3.05) is 13.7 Å². The van der Waals surface area contributed by atoms with Crippen LogP contribution in [0.2, 0.25) is 0 Å². The summed E-state index contributed by atoms with van der Waals surface area (Å²) in [5.41, 5.74) is 11.0. The second kappa shape index (κ2) is 12.7. The van der Waals surface area contributed by atoms with E-state index in [1.807, 2.05) is 0 Å². The average Bonchev–Trinajstić information content (AvgIpc) is 3.81. The van der Waals surface area contributed by atoms with E-state index in [2.05, 4.69) is 114 Å². The highest BCUT2D eigenvalue weighted by Crippen LogP contribution is 2.49. The van der Waals surface area contributed by atoms with Gasteiger partial charge in [0.15, 0.2) is 0 Å². The van der Waals surface area contributed by atoms with Crippen LogP contribution in [0.3, 0.4) is 0 Å². The predicted molar refractivity (Wildman–Crippen MR) is 166 cm³/mol. The molecule has 2 nitrogen and oxygen atoms in total. The fraction of sp³-hybridized carbons (Fsp3) is 0.459. The van der Waals surface area contributed by atoms with Crippen molar-refractivity contribution in [2.45, 2.75) is 85.5 Å². The highest BCUT2D eigenvalue weighted by molar-refractivity contribution is 5.68. The van der Waals surface area contributed by atoms with Gasteiger partial charge in [-0.1, -0.05) is 101 Å². The zero-order valence-corrected chi connectivity index (χ0v) is 25.3. The summed E-state index contributed by atoms with van der Waals surface area (Å²) in [6.07, 6.45) is 11.8. The van der Waals surface area contributed by atoms with E-state index in [-0.39, 0.29) is 5.41 Å². The number of hydrogen-bond donors (Lipinski definition) is 0. The first-order valence-electron chi connectivity index (χ1n) is 15.0. The molecule has 3 aromatic carbocycles. The third kappa shape index (κ3) is 6.39. The molecule has 39 heavy (non-hydrogen) atoms. The lowest BCUT2D eigenvalue weighted by atomic mass is 9.69. The van der Waals surface area contributed by atoms with Crippen LogP contribution in [0.4, 0.5) is 0 Å². The van der Waals surface area contributed by atoms with Gasteiger partial charge in [-0.15, -0.1) is 0 Å². The van der Waals surface area contributed by atoms with Gasteiger partial charge in [0.1, 0.15) is 0 Å². The minimum atomic E-state index is 0.00739. The molecule has 1 aliphatic rings. The van der Waals surface area contributed by atoms with Crippen LogP contribution >= 0.6 is 0 Å². The van der Waals surface area contributed by atoms with Crippen LogP contribution in [0.1, 0.15) is 93.2 Å². The third-order valence-electron chi connectivity index (χ3n) is 9.58. The van der Waals surface area contributed by atoms with Crippen LogP contribution in [0.5, 0.6) is 0 Å². The van der Waals surface area contributed by atoms with Crippen molar-refractivity contribution in [1.29, 1.82) is 0 Å². The monoisotopic (exact) mass is 524 g/mol. The van der Waals surface area contributed by atoms with Gasteiger partial charge in [0.2, 0.25) is 0 Å². The van der Waals surface area contributed by atoms with Gasteiger partial charge >= 0.3 is 0 Å². The minimum Gasteiger partial charge on any atom is -0.240 e. The number of hydrogen-bond acceptors (Lipinski definition) is 2. The fourth-order valence-electron chi connectivity index (χ4n) is 6.34. The molecule has 3 aromatic rings. The number of benzene rings is 3. The molecule has 1 fully saturated rings. The lowest BCUT2D eigenvalue weighted by Gasteiger charge is -2.34. The van der Waals surface area contributed by atoms with Crippen LogP contribution in [-0.2, 0) is 21.6 Å². The van der Waals surface area contributed by atoms with Crippen molar-refractivity contribution in [1.82, 2.24) is 0 Å². The van der Waals surface area contributed by atoms with Gasteiger partial charge < -0.3 is 0 Å². The topological polar surface area (TPSA) is 18.5 Å². The molecule has 2 heteroatoms. The molecule has 208 valence electrons. The van der Waals surface area contributed by atoms with Crippen molar-refractivity contribution in [3.05, 3.63) is 100 Å². The summed E-state index contributed by atoms with van der Waals surface area (Å²) in [5.74, 6) is 0.866. The zero-order valence-electron chi connectivity index (χ0n) is 25.3. The molecule has 0 spiro atoms. The molecule has 0 aromatic heterocycles. The predicted octanol–water partition coefficient (Wildman–Crippen LogP) is 10.0. The molecule has 1 atom stereocenters. The molecule has 0 N–H and O–H groups in total. The fourth-order valence-corrected chi connectivity index (χ4v) is 6.34. The highest BCUT2D eigenvalue weighted by atomic mass is 17.2. The maximum absolute atomic E-state index is 5.03. The van der Waals surface area contributed by atoms with Gasteiger partial charge in [-0.25, -0.2) is 9.78 Å². The highest BCUT2D eigenvalue weighted by Gasteiger charge is 2.38. The molecule has 1 unspecified atom stereocenters. The summed E-state index contributed by atoms with van der Waals surface area (Å²) in [5, 5.41) is 0. The van der Waals surface area contributed by atoms with Crippen molar-refractivity contribution in [3.63, 3.8) is 0 Å². The van der Waals surface area contributed by atoms with Crippen molar-refractivity contribution in [2.24, 2.45) is 11.3 Å². The van der Waals surface area contributed by atoms with E-state index in [4.69, 9.17) is 9.78 Å². The van der Waals surface area contributed by atoms with E-state index in [1.165, 1.54) is 63.8 Å². The normalized spacial score (nSPS) is 15.6. The van der Waals surface area contributed by atoms with Crippen molar-refractivity contribution in [3.8, 4) is 11.1 Å². The molecule has 0 heterocycles. The van der Waals surface area contributed by atoms with Gasteiger partial charge in [-0.3, -0.25) is 0 Å². The molecule has 0 saturated heterocycles. The van der Waals surface area contributed by atoms with Crippen LogP contribution in [0.25, 0.3) is 17.2 Å². The maximum Gasteiger partial charge on any atom is 0.0862 e. The van der Waals surface area contributed by atoms with E-state index in [0.29, 0.717) is 12.0 Å². The zero-order chi connectivity index (χ0) is 28.0. The molecule has 4 rings (SSSR count). The SMILES string of the molecule is CCC(CC)(c1ccc(/C=C/C(C)(CC)C2CC2)c(C)c1)c1ccc(-c2ccc(CCOOC)cc2)c(C)c1. The molecule has 0 bridgehead atoms. The Morgan fingerprint density at radius 3 is 2.00 bits per heavy atom. The maximum atomic E-state index is 5.03. The molecule has 1 saturated carbocycles. The Bertz CT molecular complexity index is 1260. The Labute approximate surface area is 237 Å². The Morgan fingerprint density at radius 2 is 1.46 bits per heavy atom. The average molecular weight is 525 g/mol. The number of rotatable bonds is 13. The summed E-state index contributed by atoms with van der Waals surface area (Å²) in [6, 6.07) is 23.1. The first-order chi connectivity index (χ1) is 18.8. The van der Waals surface area contributed by atoms with E-state index < -0.39 is 0 Å². The van der Waals surface area contributed by atoms with E-state index in [0.717, 1.165) is 25.2 Å². The Hall–Kier alpha value is -2.68. The summed E-state index contributed by atoms with van der Waals surface area (Å²) < 4.78 is 0. The lowest BCUT2D eigenvalue weighted by Crippen LogP contribution is -2.26. The quantitative estimate of drug-likeness (QED) is 0.126. The van der Waals surface area contributed by atoms with Gasteiger partial charge in [0.25, 0.3) is 0 Å². The smallest absolute Gasteiger partial charge is 0.0862 e. The third-order valence-corrected chi connectivity index (χ3v) is 9.58. The largest absolute Gasteiger partial charge is 0.240 e. The van der Waals surface area contributed by atoms with E-state index in [9.17, 15) is 0 Å². The van der Waals surface area contributed by atoms with Crippen molar-refractivity contribution < 1.29 is 9.78 Å². The second-order valence-electron chi connectivity index (χ2n) is 11.8. The molecular weight excluding hydrogens is 476 g/mol. The number of aryl methyl sites for hydroxylation is 2. The first kappa shape index (κ1) is 29.3. The first-order valence-corrected chi connectivity index (χ1v) is 15.0. The van der Waals surface area contributed by atoms with Gasteiger partial charge in [-0.2, -0.15) is 0 Å². The standard InChI is InChI=1S/C37H48O2/c1-8-36(6,32-17-18-32)23-21-30-15-16-33(25-27(30)4)37(9-2,10-3)34-19-20-35(28(5)26-34)31-13-11-29(12-14-31)22-24-39-38-7/h11-16,19-21,23,25-26,32H,8-10,17-18,22,24H2,1-7H3/b23-21+. The summed E-state index contributed by atoms with van der Waals surface area (Å²) >= 11 is 0. The molecular formula is C37H48O2. The Kier molecular flexibility index (Phi) is 9.51. The summed E-state index contributed by atoms with van der Waals surface area (Å²) in [4.78, 5) is 9.73. The summed E-state index contributed by atoms with van der Waals surface area (Å²) in [6.45, 7) is 14.5. The lowest BCUT2D eigenvalue weighted by molar-refractivity contribution is -0.271. The van der Waals surface area contributed by atoms with Gasteiger partial charge in [0.05, 0.1) is 13.7 Å². The molecule has 0 amide bonds. The Balaban J connectivity index is 1.60. The van der Waals surface area contributed by atoms with Crippen LogP contribution in [0, 0.1) is 25.2 Å². The summed E-state index contributed by atoms with van der Waals surface area (Å²) in [7, 11) is 1.55. The Morgan fingerprint density at radius 1 is 0.821 bits per heavy atom. The molecule has 1 aliphatic carbocycles. The molecule has 0 radical (unpaired) electrons. The van der Waals surface area contributed by atoms with Gasteiger partial charge in [-0.05, 0) is 108 Å². The van der Waals surface area contributed by atoms with Crippen LogP contribution < -0.4 is 0 Å². The minimum absolute atomic E-state index is 0.00739.